The van der Waals surface area contributed by atoms with E-state index in [1.54, 1.807) is 18.2 Å². The Kier molecular flexibility index (Phi) is 3.43. The summed E-state index contributed by atoms with van der Waals surface area (Å²) in [6.07, 6.45) is 0.799. The highest BCUT2D eigenvalue weighted by Crippen LogP contribution is 2.26. The van der Waals surface area contributed by atoms with Gasteiger partial charge in [-0.1, -0.05) is 6.07 Å². The second-order valence-corrected chi connectivity index (χ2v) is 4.74. The molecule has 5 heteroatoms. The van der Waals surface area contributed by atoms with Crippen molar-refractivity contribution < 1.29 is 14.3 Å². The summed E-state index contributed by atoms with van der Waals surface area (Å²) in [5, 5.41) is 2.96. The molecule has 1 atom stereocenters. The van der Waals surface area contributed by atoms with E-state index in [-0.39, 0.29) is 11.4 Å². The minimum atomic E-state index is -0.329. The number of carbonyl (C=O) groups excluding carboxylic acids is 1. The molecular formula is C13H18N2O3. The van der Waals surface area contributed by atoms with Gasteiger partial charge in [-0.3, -0.25) is 4.79 Å². The van der Waals surface area contributed by atoms with Crippen molar-refractivity contribution in [2.75, 3.05) is 26.1 Å². The summed E-state index contributed by atoms with van der Waals surface area (Å²) >= 11 is 0. The number of methoxy groups -OCH3 is 1. The van der Waals surface area contributed by atoms with Crippen molar-refractivity contribution in [2.45, 2.75) is 18.9 Å². The first-order valence-electron chi connectivity index (χ1n) is 5.88. The normalized spacial score (nSPS) is 22.8. The molecule has 2 rings (SSSR count). The smallest absolute Gasteiger partial charge is 0.257 e. The molecule has 1 aromatic rings. The number of ether oxygens (including phenoxy) is 2. The maximum Gasteiger partial charge on any atom is 0.257 e. The zero-order chi connectivity index (χ0) is 13.2. The molecule has 0 spiro atoms. The molecule has 1 amide bonds. The molecule has 98 valence electrons. The van der Waals surface area contributed by atoms with Crippen LogP contribution >= 0.6 is 0 Å². The van der Waals surface area contributed by atoms with E-state index in [9.17, 15) is 4.79 Å². The van der Waals surface area contributed by atoms with Gasteiger partial charge in [-0.25, -0.2) is 0 Å². The van der Waals surface area contributed by atoms with Crippen LogP contribution in [-0.2, 0) is 4.74 Å². The van der Waals surface area contributed by atoms with Gasteiger partial charge in [0.05, 0.1) is 19.3 Å². The van der Waals surface area contributed by atoms with Gasteiger partial charge in [-0.2, -0.15) is 0 Å². The molecule has 5 nitrogen and oxygen atoms in total. The van der Waals surface area contributed by atoms with Gasteiger partial charge in [0.1, 0.15) is 11.3 Å². The molecule has 1 saturated heterocycles. The Balaban J connectivity index is 2.23. The quantitative estimate of drug-likeness (QED) is 0.790. The fourth-order valence-corrected chi connectivity index (χ4v) is 2.06. The minimum absolute atomic E-state index is 0.224. The predicted octanol–water partition coefficient (Wildman–Crippen LogP) is 1.19. The van der Waals surface area contributed by atoms with Crippen LogP contribution in [0.5, 0.6) is 5.75 Å². The number of anilines is 1. The summed E-state index contributed by atoms with van der Waals surface area (Å²) in [4.78, 5) is 12.3. The Morgan fingerprint density at radius 1 is 1.56 bits per heavy atom. The number of nitrogens with two attached hydrogens (primary N) is 1. The lowest BCUT2D eigenvalue weighted by atomic mass is 10.0. The van der Waals surface area contributed by atoms with Gasteiger partial charge in [0.25, 0.3) is 5.91 Å². The van der Waals surface area contributed by atoms with E-state index in [0.29, 0.717) is 30.2 Å². The average Bonchev–Trinajstić information content (AvgIpc) is 2.75. The highest BCUT2D eigenvalue weighted by Gasteiger charge is 2.32. The summed E-state index contributed by atoms with van der Waals surface area (Å²) in [6, 6.07) is 5.16. The van der Waals surface area contributed by atoms with E-state index >= 15 is 0 Å². The highest BCUT2D eigenvalue weighted by molar-refractivity contribution is 6.02. The predicted molar refractivity (Wildman–Crippen MR) is 68.7 cm³/mol. The van der Waals surface area contributed by atoms with Crippen molar-refractivity contribution in [3.05, 3.63) is 23.8 Å². The van der Waals surface area contributed by atoms with Gasteiger partial charge in [-0.15, -0.1) is 0 Å². The Morgan fingerprint density at radius 3 is 2.94 bits per heavy atom. The Morgan fingerprint density at radius 2 is 2.33 bits per heavy atom. The highest BCUT2D eigenvalue weighted by atomic mass is 16.5. The maximum atomic E-state index is 12.3. The zero-order valence-electron chi connectivity index (χ0n) is 10.7. The minimum Gasteiger partial charge on any atom is -0.496 e. The Labute approximate surface area is 106 Å². The topological polar surface area (TPSA) is 73.6 Å². The van der Waals surface area contributed by atoms with E-state index in [0.717, 1.165) is 6.42 Å². The largest absolute Gasteiger partial charge is 0.496 e. The first-order chi connectivity index (χ1) is 8.56. The summed E-state index contributed by atoms with van der Waals surface area (Å²) in [5.41, 5.74) is 6.31. The summed E-state index contributed by atoms with van der Waals surface area (Å²) in [5.74, 6) is 0.257. The van der Waals surface area contributed by atoms with Crippen LogP contribution in [-0.4, -0.2) is 31.8 Å². The molecule has 1 aliphatic rings. The van der Waals surface area contributed by atoms with Crippen molar-refractivity contribution in [3.63, 3.8) is 0 Å². The molecule has 18 heavy (non-hydrogen) atoms. The van der Waals surface area contributed by atoms with Gasteiger partial charge in [0.2, 0.25) is 0 Å². The molecule has 1 aliphatic heterocycles. The van der Waals surface area contributed by atoms with Crippen LogP contribution in [0.2, 0.25) is 0 Å². The molecule has 1 aromatic carbocycles. The number of hydrogen-bond acceptors (Lipinski definition) is 4. The van der Waals surface area contributed by atoms with Crippen LogP contribution in [0.3, 0.4) is 0 Å². The summed E-state index contributed by atoms with van der Waals surface area (Å²) in [7, 11) is 1.52. The van der Waals surface area contributed by atoms with Crippen molar-refractivity contribution in [1.82, 2.24) is 5.32 Å². The van der Waals surface area contributed by atoms with Crippen molar-refractivity contribution in [3.8, 4) is 5.75 Å². The second-order valence-electron chi connectivity index (χ2n) is 4.74. The number of rotatable bonds is 3. The van der Waals surface area contributed by atoms with Gasteiger partial charge < -0.3 is 20.5 Å². The van der Waals surface area contributed by atoms with Gasteiger partial charge in [-0.05, 0) is 25.5 Å². The Hall–Kier alpha value is -1.75. The third kappa shape index (κ3) is 2.41. The van der Waals surface area contributed by atoms with Crippen LogP contribution < -0.4 is 15.8 Å². The standard InChI is InChI=1S/C13H18N2O3/c1-13(6-7-18-8-13)15-12(16)11-9(14)4-3-5-10(11)17-2/h3-5H,6-8,14H2,1-2H3,(H,15,16). The van der Waals surface area contributed by atoms with Crippen LogP contribution in [0.25, 0.3) is 0 Å². The molecule has 1 heterocycles. The van der Waals surface area contributed by atoms with Crippen LogP contribution in [0.1, 0.15) is 23.7 Å². The molecule has 0 aromatic heterocycles. The SMILES string of the molecule is COc1cccc(N)c1C(=O)NC1(C)CCOC1. The van der Waals surface area contributed by atoms with Crippen molar-refractivity contribution >= 4 is 11.6 Å². The van der Waals surface area contributed by atoms with Gasteiger partial charge >= 0.3 is 0 Å². The van der Waals surface area contributed by atoms with Crippen LogP contribution in [0.15, 0.2) is 18.2 Å². The van der Waals surface area contributed by atoms with E-state index in [1.165, 1.54) is 7.11 Å². The number of hydrogen-bond donors (Lipinski definition) is 2. The van der Waals surface area contributed by atoms with E-state index in [1.807, 2.05) is 6.92 Å². The monoisotopic (exact) mass is 250 g/mol. The van der Waals surface area contributed by atoms with Crippen molar-refractivity contribution in [1.29, 1.82) is 0 Å². The third-order valence-corrected chi connectivity index (χ3v) is 3.14. The number of benzene rings is 1. The van der Waals surface area contributed by atoms with E-state index < -0.39 is 0 Å². The summed E-state index contributed by atoms with van der Waals surface area (Å²) in [6.45, 7) is 3.15. The molecule has 1 fully saturated rings. The zero-order valence-corrected chi connectivity index (χ0v) is 10.7. The summed E-state index contributed by atoms with van der Waals surface area (Å²) < 4.78 is 10.5. The molecule has 0 aliphatic carbocycles. The molecule has 3 N–H and O–H groups in total. The number of nitrogens with one attached hydrogen (secondary N) is 1. The number of carbonyl (C=O) groups is 1. The molecule has 0 radical (unpaired) electrons. The van der Waals surface area contributed by atoms with Crippen molar-refractivity contribution in [2.24, 2.45) is 0 Å². The lowest BCUT2D eigenvalue weighted by molar-refractivity contribution is 0.0888. The lowest BCUT2D eigenvalue weighted by Crippen LogP contribution is -2.46. The Bertz CT molecular complexity index is 454. The van der Waals surface area contributed by atoms with Gasteiger partial charge in [0.15, 0.2) is 0 Å². The number of amides is 1. The van der Waals surface area contributed by atoms with Crippen LogP contribution in [0.4, 0.5) is 5.69 Å². The third-order valence-electron chi connectivity index (χ3n) is 3.14. The molecule has 1 unspecified atom stereocenters. The molecule has 0 saturated carbocycles. The van der Waals surface area contributed by atoms with E-state index in [2.05, 4.69) is 5.32 Å². The maximum absolute atomic E-state index is 12.3. The van der Waals surface area contributed by atoms with Crippen LogP contribution in [0, 0.1) is 0 Å². The fraction of sp³-hybridized carbons (Fsp3) is 0.462. The first-order valence-corrected chi connectivity index (χ1v) is 5.88. The average molecular weight is 250 g/mol. The molecule has 0 bridgehead atoms. The first kappa shape index (κ1) is 12.7. The lowest BCUT2D eigenvalue weighted by Gasteiger charge is -2.24. The van der Waals surface area contributed by atoms with Gasteiger partial charge in [0, 0.05) is 12.3 Å². The second kappa shape index (κ2) is 4.86. The number of nitrogen functional groups attached to an aromatic ring is 1. The van der Waals surface area contributed by atoms with E-state index in [4.69, 9.17) is 15.2 Å². The fourth-order valence-electron chi connectivity index (χ4n) is 2.06. The molecular weight excluding hydrogens is 232 g/mol.